The van der Waals surface area contributed by atoms with Gasteiger partial charge in [-0.2, -0.15) is 0 Å². The van der Waals surface area contributed by atoms with Crippen LogP contribution in [0.3, 0.4) is 0 Å². The summed E-state index contributed by atoms with van der Waals surface area (Å²) in [4.78, 5) is 25.4. The van der Waals surface area contributed by atoms with Gasteiger partial charge < -0.3 is 14.8 Å². The lowest BCUT2D eigenvalue weighted by Gasteiger charge is -2.12. The molecule has 1 aromatic heterocycles. The number of anilines is 1. The summed E-state index contributed by atoms with van der Waals surface area (Å²) < 4.78 is 10.5. The van der Waals surface area contributed by atoms with E-state index in [0.29, 0.717) is 39.4 Å². The van der Waals surface area contributed by atoms with Crippen LogP contribution in [-0.2, 0) is 22.4 Å². The summed E-state index contributed by atoms with van der Waals surface area (Å²) in [6.45, 7) is 0.320. The second-order valence-corrected chi connectivity index (χ2v) is 9.06. The molecule has 7 nitrogen and oxygen atoms in total. The van der Waals surface area contributed by atoms with Crippen LogP contribution in [-0.4, -0.2) is 30.7 Å². The molecule has 2 aromatic rings. The molecule has 0 aliphatic heterocycles. The third-order valence-electron chi connectivity index (χ3n) is 4.55. The minimum absolute atomic E-state index is 0.183. The standard InChI is InChI=1S/C20H21Cl2N3O4S2/c1-28-19(27)17-12-4-2-5-15(12)31-18(17)23-20(30)25-24-16(26)6-3-9-29-14-8-7-11(21)10-13(14)22/h7-8,10H,2-6,9H2,1H3,(H,24,26)(H2,23,25,30). The molecule has 11 heteroatoms. The van der Waals surface area contributed by atoms with Gasteiger partial charge >= 0.3 is 5.97 Å². The normalized spacial score (nSPS) is 12.1. The highest BCUT2D eigenvalue weighted by Gasteiger charge is 2.27. The minimum atomic E-state index is -0.394. The van der Waals surface area contributed by atoms with Crippen LogP contribution in [0.15, 0.2) is 18.2 Å². The van der Waals surface area contributed by atoms with Gasteiger partial charge in [0, 0.05) is 16.3 Å². The number of benzene rings is 1. The largest absolute Gasteiger partial charge is 0.492 e. The number of methoxy groups -OCH3 is 1. The van der Waals surface area contributed by atoms with Crippen molar-refractivity contribution in [3.63, 3.8) is 0 Å². The number of nitrogens with one attached hydrogen (secondary N) is 3. The van der Waals surface area contributed by atoms with Gasteiger partial charge in [0.2, 0.25) is 5.91 Å². The van der Waals surface area contributed by atoms with Gasteiger partial charge in [-0.25, -0.2) is 4.79 Å². The lowest BCUT2D eigenvalue weighted by molar-refractivity contribution is -0.121. The zero-order valence-corrected chi connectivity index (χ0v) is 19.8. The van der Waals surface area contributed by atoms with Crippen LogP contribution in [0.25, 0.3) is 0 Å². The van der Waals surface area contributed by atoms with Crippen molar-refractivity contribution in [2.45, 2.75) is 32.1 Å². The lowest BCUT2D eigenvalue weighted by atomic mass is 10.1. The van der Waals surface area contributed by atoms with Gasteiger partial charge in [-0.05, 0) is 61.7 Å². The van der Waals surface area contributed by atoms with Gasteiger partial charge in [0.25, 0.3) is 0 Å². The molecule has 0 saturated heterocycles. The van der Waals surface area contributed by atoms with Crippen LogP contribution in [0.4, 0.5) is 5.00 Å². The Bertz CT molecular complexity index is 997. The molecule has 1 heterocycles. The monoisotopic (exact) mass is 501 g/mol. The molecule has 0 spiro atoms. The maximum atomic E-state index is 12.2. The number of halogens is 2. The summed E-state index contributed by atoms with van der Waals surface area (Å²) in [6.07, 6.45) is 3.51. The number of amides is 1. The number of hydrazine groups is 1. The minimum Gasteiger partial charge on any atom is -0.492 e. The van der Waals surface area contributed by atoms with Crippen molar-refractivity contribution in [1.82, 2.24) is 10.9 Å². The first-order valence-electron chi connectivity index (χ1n) is 9.55. The summed E-state index contributed by atoms with van der Waals surface area (Å²) in [5.74, 6) is -0.134. The summed E-state index contributed by atoms with van der Waals surface area (Å²) in [5, 5.41) is 4.73. The average molecular weight is 502 g/mol. The molecule has 3 N–H and O–H groups in total. The molecule has 0 unspecified atom stereocenters. The molecule has 0 radical (unpaired) electrons. The van der Waals surface area contributed by atoms with E-state index in [1.807, 2.05) is 0 Å². The van der Waals surface area contributed by atoms with E-state index in [4.69, 9.17) is 44.9 Å². The molecule has 1 aliphatic rings. The molecule has 1 aromatic carbocycles. The van der Waals surface area contributed by atoms with Crippen LogP contribution in [0.5, 0.6) is 5.75 Å². The van der Waals surface area contributed by atoms with Crippen molar-refractivity contribution in [1.29, 1.82) is 0 Å². The van der Waals surface area contributed by atoms with Gasteiger partial charge in [-0.1, -0.05) is 23.2 Å². The van der Waals surface area contributed by atoms with Crippen molar-refractivity contribution in [3.8, 4) is 5.75 Å². The Hall–Kier alpha value is -2.07. The van der Waals surface area contributed by atoms with Crippen molar-refractivity contribution in [2.24, 2.45) is 0 Å². The third kappa shape index (κ3) is 6.22. The molecule has 3 rings (SSSR count). The van der Waals surface area contributed by atoms with E-state index in [0.717, 1.165) is 29.7 Å². The predicted molar refractivity (Wildman–Crippen MR) is 126 cm³/mol. The number of aryl methyl sites for hydroxylation is 1. The fraction of sp³-hybridized carbons (Fsp3) is 0.350. The van der Waals surface area contributed by atoms with Gasteiger partial charge in [0.15, 0.2) is 5.11 Å². The van der Waals surface area contributed by atoms with Crippen molar-refractivity contribution < 1.29 is 19.1 Å². The summed E-state index contributed by atoms with van der Waals surface area (Å²) in [5.41, 5.74) is 6.72. The molecule has 0 bridgehead atoms. The van der Waals surface area contributed by atoms with E-state index in [2.05, 4.69) is 16.2 Å². The van der Waals surface area contributed by atoms with Gasteiger partial charge in [-0.15, -0.1) is 11.3 Å². The Labute approximate surface area is 199 Å². The van der Waals surface area contributed by atoms with Crippen molar-refractivity contribution in [3.05, 3.63) is 44.2 Å². The molecule has 0 atom stereocenters. The highest BCUT2D eigenvalue weighted by atomic mass is 35.5. The zero-order chi connectivity index (χ0) is 22.4. The first-order chi connectivity index (χ1) is 14.9. The fourth-order valence-corrected chi connectivity index (χ4v) is 5.10. The molecular formula is C20H21Cl2N3O4S2. The number of ether oxygens (including phenoxy) is 2. The number of rotatable bonds is 7. The molecular weight excluding hydrogens is 481 g/mol. The summed E-state index contributed by atoms with van der Waals surface area (Å²) >= 11 is 18.6. The van der Waals surface area contributed by atoms with E-state index < -0.39 is 5.97 Å². The first-order valence-corrected chi connectivity index (χ1v) is 11.5. The second kappa shape index (κ2) is 11.0. The highest BCUT2D eigenvalue weighted by Crippen LogP contribution is 2.39. The maximum absolute atomic E-state index is 12.2. The molecule has 31 heavy (non-hydrogen) atoms. The Balaban J connectivity index is 1.42. The molecule has 1 aliphatic carbocycles. The van der Waals surface area contributed by atoms with E-state index in [-0.39, 0.29) is 17.4 Å². The third-order valence-corrected chi connectivity index (χ3v) is 6.49. The molecule has 166 valence electrons. The number of esters is 1. The van der Waals surface area contributed by atoms with Crippen LogP contribution < -0.4 is 20.9 Å². The zero-order valence-electron chi connectivity index (χ0n) is 16.7. The number of hydrogen-bond acceptors (Lipinski definition) is 6. The Kier molecular flexibility index (Phi) is 8.36. The van der Waals surface area contributed by atoms with Crippen LogP contribution in [0, 0.1) is 0 Å². The van der Waals surface area contributed by atoms with Crippen molar-refractivity contribution >= 4 is 68.7 Å². The number of thiocarbonyl (C=S) groups is 1. The molecule has 0 saturated carbocycles. The predicted octanol–water partition coefficient (Wildman–Crippen LogP) is 4.51. The highest BCUT2D eigenvalue weighted by molar-refractivity contribution is 7.80. The Morgan fingerprint density at radius 2 is 2.03 bits per heavy atom. The van der Waals surface area contributed by atoms with E-state index in [9.17, 15) is 9.59 Å². The van der Waals surface area contributed by atoms with Crippen molar-refractivity contribution in [2.75, 3.05) is 19.0 Å². The lowest BCUT2D eigenvalue weighted by Crippen LogP contribution is -2.43. The Morgan fingerprint density at radius 3 is 2.77 bits per heavy atom. The quantitative estimate of drug-likeness (QED) is 0.222. The number of fused-ring (bicyclic) bond motifs is 1. The SMILES string of the molecule is COC(=O)c1c(NC(=S)NNC(=O)CCCOc2ccc(Cl)cc2Cl)sc2c1CCC2. The first kappa shape index (κ1) is 23.6. The average Bonchev–Trinajstić information content (AvgIpc) is 3.31. The van der Waals surface area contributed by atoms with Crippen LogP contribution in [0.2, 0.25) is 10.0 Å². The number of carbonyl (C=O) groups is 2. The number of thiophene rings is 1. The number of carbonyl (C=O) groups excluding carboxylic acids is 2. The van der Waals surface area contributed by atoms with E-state index in [1.165, 1.54) is 18.4 Å². The molecule has 0 fully saturated rings. The fourth-order valence-electron chi connectivity index (χ4n) is 3.14. The van der Waals surface area contributed by atoms with E-state index >= 15 is 0 Å². The number of hydrogen-bond donors (Lipinski definition) is 3. The molecule has 1 amide bonds. The van der Waals surface area contributed by atoms with Gasteiger partial charge in [-0.3, -0.25) is 15.6 Å². The second-order valence-electron chi connectivity index (χ2n) is 6.71. The van der Waals surface area contributed by atoms with E-state index in [1.54, 1.807) is 18.2 Å². The van der Waals surface area contributed by atoms with Gasteiger partial charge in [0.1, 0.15) is 10.8 Å². The maximum Gasteiger partial charge on any atom is 0.341 e. The smallest absolute Gasteiger partial charge is 0.341 e. The van der Waals surface area contributed by atoms with Crippen LogP contribution in [0.1, 0.15) is 40.1 Å². The Morgan fingerprint density at radius 1 is 1.23 bits per heavy atom. The van der Waals surface area contributed by atoms with Crippen LogP contribution >= 0.6 is 46.8 Å². The topological polar surface area (TPSA) is 88.7 Å². The summed E-state index contributed by atoms with van der Waals surface area (Å²) in [7, 11) is 1.35. The summed E-state index contributed by atoms with van der Waals surface area (Å²) in [6, 6.07) is 4.96. The van der Waals surface area contributed by atoms with Gasteiger partial charge in [0.05, 0.1) is 24.3 Å².